The van der Waals surface area contributed by atoms with Gasteiger partial charge >= 0.3 is 0 Å². The minimum atomic E-state index is -0.456. The van der Waals surface area contributed by atoms with Crippen LogP contribution in [-0.4, -0.2) is 31.1 Å². The Bertz CT molecular complexity index is 354. The van der Waals surface area contributed by atoms with Crippen LogP contribution in [-0.2, 0) is 0 Å². The Morgan fingerprint density at radius 2 is 2.27 bits per heavy atom. The van der Waals surface area contributed by atoms with Crippen molar-refractivity contribution in [3.05, 3.63) is 29.6 Å². The second-order valence-corrected chi connectivity index (χ2v) is 3.47. The fourth-order valence-electron chi connectivity index (χ4n) is 1.24. The van der Waals surface area contributed by atoms with Gasteiger partial charge in [-0.1, -0.05) is 0 Å². The first kappa shape index (κ1) is 11.7. The van der Waals surface area contributed by atoms with Gasteiger partial charge in [0.25, 0.3) is 0 Å². The lowest BCUT2D eigenvalue weighted by molar-refractivity contribution is 0.112. The summed E-state index contributed by atoms with van der Waals surface area (Å²) in [5.41, 5.74) is 0.684. The number of anilines is 1. The molecular formula is C11H14FNO2. The van der Waals surface area contributed by atoms with Crippen LogP contribution in [0.25, 0.3) is 0 Å². The highest BCUT2D eigenvalue weighted by molar-refractivity contribution is 5.76. The maximum atomic E-state index is 13.5. The second-order valence-electron chi connectivity index (χ2n) is 3.47. The Morgan fingerprint density at radius 3 is 2.73 bits per heavy atom. The van der Waals surface area contributed by atoms with Gasteiger partial charge in [0.1, 0.15) is 12.1 Å². The zero-order chi connectivity index (χ0) is 11.4. The monoisotopic (exact) mass is 211 g/mol. The molecule has 0 fully saturated rings. The number of benzene rings is 1. The summed E-state index contributed by atoms with van der Waals surface area (Å²) in [4.78, 5) is 12.0. The summed E-state index contributed by atoms with van der Waals surface area (Å²) in [5, 5.41) is 8.94. The standard InChI is InChI=1S/C11H14FNO2/c1-8(6-14)13(2)11-4-3-9(7-15)5-10(11)12/h3-5,7-8,14H,6H2,1-2H3. The Hall–Kier alpha value is -1.42. The molecule has 15 heavy (non-hydrogen) atoms. The van der Waals surface area contributed by atoms with Gasteiger partial charge < -0.3 is 10.0 Å². The van der Waals surface area contributed by atoms with Crippen molar-refractivity contribution in [2.24, 2.45) is 0 Å². The molecular weight excluding hydrogens is 197 g/mol. The largest absolute Gasteiger partial charge is 0.394 e. The predicted molar refractivity (Wildman–Crippen MR) is 56.7 cm³/mol. The lowest BCUT2D eigenvalue weighted by atomic mass is 10.2. The average Bonchev–Trinajstić information content (AvgIpc) is 2.26. The molecule has 4 heteroatoms. The first-order chi connectivity index (χ1) is 7.10. The molecule has 0 aliphatic rings. The van der Waals surface area contributed by atoms with E-state index < -0.39 is 5.82 Å². The maximum Gasteiger partial charge on any atom is 0.150 e. The van der Waals surface area contributed by atoms with Gasteiger partial charge in [-0.05, 0) is 25.1 Å². The Morgan fingerprint density at radius 1 is 1.60 bits per heavy atom. The van der Waals surface area contributed by atoms with Gasteiger partial charge in [-0.15, -0.1) is 0 Å². The van der Waals surface area contributed by atoms with Crippen LogP contribution in [0.5, 0.6) is 0 Å². The van der Waals surface area contributed by atoms with Gasteiger partial charge in [-0.25, -0.2) is 4.39 Å². The molecule has 1 aromatic carbocycles. The number of nitrogens with zero attached hydrogens (tertiary/aromatic N) is 1. The van der Waals surface area contributed by atoms with E-state index in [4.69, 9.17) is 5.11 Å². The maximum absolute atomic E-state index is 13.5. The van der Waals surface area contributed by atoms with Crippen LogP contribution in [0, 0.1) is 5.82 Å². The highest BCUT2D eigenvalue weighted by atomic mass is 19.1. The minimum absolute atomic E-state index is 0.0502. The van der Waals surface area contributed by atoms with Gasteiger partial charge in [0.2, 0.25) is 0 Å². The number of hydrogen-bond acceptors (Lipinski definition) is 3. The molecule has 1 rings (SSSR count). The van der Waals surface area contributed by atoms with Crippen LogP contribution < -0.4 is 4.90 Å². The highest BCUT2D eigenvalue weighted by Crippen LogP contribution is 2.20. The first-order valence-corrected chi connectivity index (χ1v) is 4.68. The van der Waals surface area contributed by atoms with E-state index in [1.54, 1.807) is 24.9 Å². The van der Waals surface area contributed by atoms with Crippen molar-refractivity contribution >= 4 is 12.0 Å². The number of aldehydes is 1. The molecule has 0 saturated carbocycles. The van der Waals surface area contributed by atoms with Crippen molar-refractivity contribution in [3.8, 4) is 0 Å². The van der Waals surface area contributed by atoms with E-state index in [-0.39, 0.29) is 12.6 Å². The van der Waals surface area contributed by atoms with Crippen LogP contribution in [0.1, 0.15) is 17.3 Å². The van der Waals surface area contributed by atoms with E-state index >= 15 is 0 Å². The van der Waals surface area contributed by atoms with E-state index in [0.717, 1.165) is 0 Å². The molecule has 0 aromatic heterocycles. The average molecular weight is 211 g/mol. The lowest BCUT2D eigenvalue weighted by Crippen LogP contribution is -2.32. The molecule has 0 aliphatic heterocycles. The van der Waals surface area contributed by atoms with Gasteiger partial charge in [0, 0.05) is 18.7 Å². The number of likely N-dealkylation sites (N-methyl/N-ethyl adjacent to an activating group) is 1. The van der Waals surface area contributed by atoms with E-state index in [2.05, 4.69) is 0 Å². The topological polar surface area (TPSA) is 40.5 Å². The fourth-order valence-corrected chi connectivity index (χ4v) is 1.24. The lowest BCUT2D eigenvalue weighted by Gasteiger charge is -2.25. The molecule has 0 spiro atoms. The number of aliphatic hydroxyl groups excluding tert-OH is 1. The zero-order valence-electron chi connectivity index (χ0n) is 8.77. The summed E-state index contributed by atoms with van der Waals surface area (Å²) < 4.78 is 13.5. The molecule has 82 valence electrons. The van der Waals surface area contributed by atoms with Crippen LogP contribution in [0.2, 0.25) is 0 Å². The van der Waals surface area contributed by atoms with Crippen LogP contribution in [0.15, 0.2) is 18.2 Å². The summed E-state index contributed by atoms with van der Waals surface area (Å²) in [7, 11) is 1.69. The molecule has 0 bridgehead atoms. The Labute approximate surface area is 88.1 Å². The van der Waals surface area contributed by atoms with Crippen molar-refractivity contribution < 1.29 is 14.3 Å². The van der Waals surface area contributed by atoms with Crippen LogP contribution in [0.3, 0.4) is 0 Å². The third-order valence-corrected chi connectivity index (χ3v) is 2.41. The molecule has 3 nitrogen and oxygen atoms in total. The van der Waals surface area contributed by atoms with Crippen molar-refractivity contribution in [1.29, 1.82) is 0 Å². The van der Waals surface area contributed by atoms with E-state index in [9.17, 15) is 9.18 Å². The van der Waals surface area contributed by atoms with Gasteiger partial charge in [-0.2, -0.15) is 0 Å². The number of aliphatic hydroxyl groups is 1. The smallest absolute Gasteiger partial charge is 0.150 e. The minimum Gasteiger partial charge on any atom is -0.394 e. The molecule has 1 unspecified atom stereocenters. The van der Waals surface area contributed by atoms with E-state index in [1.165, 1.54) is 12.1 Å². The Balaban J connectivity index is 2.99. The SMILES string of the molecule is CC(CO)N(C)c1ccc(C=O)cc1F. The third-order valence-electron chi connectivity index (χ3n) is 2.41. The molecule has 0 aliphatic carbocycles. The van der Waals surface area contributed by atoms with Crippen molar-refractivity contribution in [2.75, 3.05) is 18.6 Å². The van der Waals surface area contributed by atoms with Crippen molar-refractivity contribution in [1.82, 2.24) is 0 Å². The predicted octanol–water partition coefficient (Wildman–Crippen LogP) is 1.46. The van der Waals surface area contributed by atoms with Crippen LogP contribution >= 0.6 is 0 Å². The van der Waals surface area contributed by atoms with E-state index in [1.807, 2.05) is 0 Å². The number of halogens is 1. The van der Waals surface area contributed by atoms with Gasteiger partial charge in [-0.3, -0.25) is 4.79 Å². The third kappa shape index (κ3) is 2.53. The molecule has 0 radical (unpaired) electrons. The summed E-state index contributed by atoms with van der Waals surface area (Å²) >= 11 is 0. The van der Waals surface area contributed by atoms with Crippen molar-refractivity contribution in [3.63, 3.8) is 0 Å². The van der Waals surface area contributed by atoms with Crippen molar-refractivity contribution in [2.45, 2.75) is 13.0 Å². The number of rotatable bonds is 4. The Kier molecular flexibility index (Phi) is 3.80. The first-order valence-electron chi connectivity index (χ1n) is 4.68. The summed E-state index contributed by atoms with van der Waals surface area (Å²) in [6.45, 7) is 1.73. The van der Waals surface area contributed by atoms with Gasteiger partial charge in [0.05, 0.1) is 12.3 Å². The molecule has 1 atom stereocenters. The highest BCUT2D eigenvalue weighted by Gasteiger charge is 2.13. The molecule has 0 saturated heterocycles. The summed E-state index contributed by atoms with van der Waals surface area (Å²) in [6, 6.07) is 4.10. The summed E-state index contributed by atoms with van der Waals surface area (Å²) in [5.74, 6) is -0.456. The molecule has 0 amide bonds. The molecule has 1 aromatic rings. The number of hydrogen-bond donors (Lipinski definition) is 1. The quantitative estimate of drug-likeness (QED) is 0.766. The summed E-state index contributed by atoms with van der Waals surface area (Å²) in [6.07, 6.45) is 0.600. The molecule has 1 N–H and O–H groups in total. The number of carbonyl (C=O) groups excluding carboxylic acids is 1. The normalized spacial score (nSPS) is 12.3. The van der Waals surface area contributed by atoms with E-state index in [0.29, 0.717) is 17.5 Å². The fraction of sp³-hybridized carbons (Fsp3) is 0.364. The van der Waals surface area contributed by atoms with Crippen LogP contribution in [0.4, 0.5) is 10.1 Å². The molecule has 0 heterocycles. The zero-order valence-corrected chi connectivity index (χ0v) is 8.77. The number of carbonyl (C=O) groups is 1. The second kappa shape index (κ2) is 4.89. The van der Waals surface area contributed by atoms with Gasteiger partial charge in [0.15, 0.2) is 0 Å².